The van der Waals surface area contributed by atoms with Gasteiger partial charge in [-0.25, -0.2) is 10.2 Å². The third-order valence-electron chi connectivity index (χ3n) is 4.01. The van der Waals surface area contributed by atoms with Crippen LogP contribution in [0, 0.1) is 5.92 Å². The van der Waals surface area contributed by atoms with Crippen molar-refractivity contribution in [1.29, 1.82) is 0 Å². The van der Waals surface area contributed by atoms with Crippen molar-refractivity contribution < 1.29 is 19.1 Å². The molecule has 0 aromatic heterocycles. The first kappa shape index (κ1) is 22.2. The highest BCUT2D eigenvalue weighted by Crippen LogP contribution is 2.10. The standard InChI is InChI=1S/C18H34N4O4/c1-11(2)14(20-17(25)26-18(5,6)7)15(23)19-13(4)16(24)22-10-8-9-12(3)21-22/h11-14,21H,8-10H2,1-7H3,(H,19,23)(H,20,25). The van der Waals surface area contributed by atoms with Crippen LogP contribution < -0.4 is 16.1 Å². The van der Waals surface area contributed by atoms with E-state index in [1.54, 1.807) is 32.7 Å². The van der Waals surface area contributed by atoms with Crippen molar-refractivity contribution >= 4 is 17.9 Å². The predicted octanol–water partition coefficient (Wildman–Crippen LogP) is 1.56. The molecule has 26 heavy (non-hydrogen) atoms. The number of hydrogen-bond acceptors (Lipinski definition) is 5. The Labute approximate surface area is 156 Å². The van der Waals surface area contributed by atoms with E-state index in [1.165, 1.54) is 0 Å². The molecule has 3 amide bonds. The van der Waals surface area contributed by atoms with Crippen molar-refractivity contribution in [2.45, 2.75) is 85.0 Å². The van der Waals surface area contributed by atoms with Crippen molar-refractivity contribution in [3.8, 4) is 0 Å². The molecule has 0 aromatic rings. The maximum Gasteiger partial charge on any atom is 0.408 e. The van der Waals surface area contributed by atoms with E-state index in [-0.39, 0.29) is 17.9 Å². The number of hydrazine groups is 1. The summed E-state index contributed by atoms with van der Waals surface area (Å²) in [6.45, 7) is 13.2. The van der Waals surface area contributed by atoms with Gasteiger partial charge in [0.25, 0.3) is 5.91 Å². The van der Waals surface area contributed by atoms with E-state index in [0.29, 0.717) is 6.54 Å². The molecular formula is C18H34N4O4. The molecular weight excluding hydrogens is 336 g/mol. The molecule has 0 radical (unpaired) electrons. The van der Waals surface area contributed by atoms with Gasteiger partial charge in [-0.1, -0.05) is 13.8 Å². The molecule has 3 atom stereocenters. The molecule has 0 saturated carbocycles. The van der Waals surface area contributed by atoms with Crippen LogP contribution in [0.25, 0.3) is 0 Å². The third kappa shape index (κ3) is 7.19. The van der Waals surface area contributed by atoms with Crippen LogP contribution in [0.2, 0.25) is 0 Å². The molecule has 0 aromatic carbocycles. The minimum atomic E-state index is -0.784. The summed E-state index contributed by atoms with van der Waals surface area (Å²) in [5.41, 5.74) is 2.47. The predicted molar refractivity (Wildman–Crippen MR) is 99.1 cm³/mol. The average molecular weight is 370 g/mol. The fourth-order valence-corrected chi connectivity index (χ4v) is 2.69. The Hall–Kier alpha value is -1.83. The summed E-state index contributed by atoms with van der Waals surface area (Å²) in [6, 6.07) is -1.25. The highest BCUT2D eigenvalue weighted by Gasteiger charge is 2.31. The second-order valence-electron chi connectivity index (χ2n) is 8.26. The van der Waals surface area contributed by atoms with Gasteiger partial charge in [0.05, 0.1) is 0 Å². The zero-order chi connectivity index (χ0) is 20.1. The zero-order valence-corrected chi connectivity index (χ0v) is 17.0. The molecule has 3 N–H and O–H groups in total. The van der Waals surface area contributed by atoms with E-state index in [9.17, 15) is 14.4 Å². The lowest BCUT2D eigenvalue weighted by atomic mass is 10.0. The number of carbonyl (C=O) groups is 3. The van der Waals surface area contributed by atoms with E-state index in [1.807, 2.05) is 20.8 Å². The van der Waals surface area contributed by atoms with Gasteiger partial charge in [-0.3, -0.25) is 14.6 Å². The van der Waals surface area contributed by atoms with E-state index >= 15 is 0 Å². The summed E-state index contributed by atoms with van der Waals surface area (Å²) >= 11 is 0. The molecule has 1 aliphatic heterocycles. The van der Waals surface area contributed by atoms with E-state index in [0.717, 1.165) is 12.8 Å². The van der Waals surface area contributed by atoms with Gasteiger partial charge in [-0.05, 0) is 53.4 Å². The smallest absolute Gasteiger partial charge is 0.408 e. The van der Waals surface area contributed by atoms with Crippen molar-refractivity contribution in [3.63, 3.8) is 0 Å². The molecule has 150 valence electrons. The van der Waals surface area contributed by atoms with Crippen LogP contribution in [0.3, 0.4) is 0 Å². The highest BCUT2D eigenvalue weighted by molar-refractivity contribution is 5.91. The SMILES string of the molecule is CC1CCCN(C(=O)C(C)NC(=O)C(NC(=O)OC(C)(C)C)C(C)C)N1. The van der Waals surface area contributed by atoms with Gasteiger partial charge < -0.3 is 15.4 Å². The number of rotatable bonds is 5. The Morgan fingerprint density at radius 1 is 1.15 bits per heavy atom. The third-order valence-corrected chi connectivity index (χ3v) is 4.01. The van der Waals surface area contributed by atoms with Gasteiger partial charge in [0, 0.05) is 12.6 Å². The summed E-state index contributed by atoms with van der Waals surface area (Å²) in [7, 11) is 0. The second kappa shape index (κ2) is 9.21. The highest BCUT2D eigenvalue weighted by atomic mass is 16.6. The first-order chi connectivity index (χ1) is 11.9. The number of ether oxygens (including phenoxy) is 1. The second-order valence-corrected chi connectivity index (χ2v) is 8.26. The molecule has 0 spiro atoms. The maximum atomic E-state index is 12.6. The largest absolute Gasteiger partial charge is 0.444 e. The summed E-state index contributed by atoms with van der Waals surface area (Å²) in [4.78, 5) is 37.1. The lowest BCUT2D eigenvalue weighted by Gasteiger charge is -2.34. The number of carbonyl (C=O) groups excluding carboxylic acids is 3. The number of amides is 3. The minimum absolute atomic E-state index is 0.155. The Bertz CT molecular complexity index is 516. The average Bonchev–Trinajstić information content (AvgIpc) is 2.49. The lowest BCUT2D eigenvalue weighted by molar-refractivity contribution is -0.141. The molecule has 0 bridgehead atoms. The van der Waals surface area contributed by atoms with E-state index in [4.69, 9.17) is 4.74 Å². The summed E-state index contributed by atoms with van der Waals surface area (Å²) in [5, 5.41) is 6.85. The number of alkyl carbamates (subject to hydrolysis) is 1. The van der Waals surface area contributed by atoms with Crippen molar-refractivity contribution in [3.05, 3.63) is 0 Å². The van der Waals surface area contributed by atoms with Crippen LogP contribution in [-0.2, 0) is 14.3 Å². The summed E-state index contributed by atoms with van der Waals surface area (Å²) in [5.74, 6) is -0.751. The van der Waals surface area contributed by atoms with E-state index in [2.05, 4.69) is 16.1 Å². The first-order valence-corrected chi connectivity index (χ1v) is 9.28. The van der Waals surface area contributed by atoms with Crippen LogP contribution in [0.15, 0.2) is 0 Å². The fraction of sp³-hybridized carbons (Fsp3) is 0.833. The molecule has 1 rings (SSSR count). The topological polar surface area (TPSA) is 99.8 Å². The Balaban J connectivity index is 2.65. The quantitative estimate of drug-likeness (QED) is 0.682. The number of hydrogen-bond donors (Lipinski definition) is 3. The van der Waals surface area contributed by atoms with Gasteiger partial charge in [-0.15, -0.1) is 0 Å². The van der Waals surface area contributed by atoms with Crippen LogP contribution in [-0.4, -0.2) is 53.2 Å². The Morgan fingerprint density at radius 3 is 2.27 bits per heavy atom. The molecule has 1 saturated heterocycles. The Morgan fingerprint density at radius 2 is 1.77 bits per heavy atom. The molecule has 8 heteroatoms. The molecule has 1 heterocycles. The van der Waals surface area contributed by atoms with Gasteiger partial charge in [0.15, 0.2) is 0 Å². The van der Waals surface area contributed by atoms with Crippen LogP contribution in [0.4, 0.5) is 4.79 Å². The number of nitrogens with one attached hydrogen (secondary N) is 3. The summed E-state index contributed by atoms with van der Waals surface area (Å²) in [6.07, 6.45) is 1.28. The van der Waals surface area contributed by atoms with Crippen LogP contribution >= 0.6 is 0 Å². The van der Waals surface area contributed by atoms with Gasteiger partial charge in [0.1, 0.15) is 17.7 Å². The Kier molecular flexibility index (Phi) is 7.87. The minimum Gasteiger partial charge on any atom is -0.444 e. The van der Waals surface area contributed by atoms with Crippen molar-refractivity contribution in [2.24, 2.45) is 5.92 Å². The van der Waals surface area contributed by atoms with Crippen LogP contribution in [0.5, 0.6) is 0 Å². The van der Waals surface area contributed by atoms with Crippen LogP contribution in [0.1, 0.15) is 61.3 Å². The molecule has 0 aliphatic carbocycles. The normalized spacial score (nSPS) is 20.3. The zero-order valence-electron chi connectivity index (χ0n) is 17.0. The van der Waals surface area contributed by atoms with Gasteiger partial charge in [-0.2, -0.15) is 0 Å². The lowest BCUT2D eigenvalue weighted by Crippen LogP contribution is -2.59. The monoisotopic (exact) mass is 370 g/mol. The maximum absolute atomic E-state index is 12.6. The van der Waals surface area contributed by atoms with Crippen molar-refractivity contribution in [2.75, 3.05) is 6.54 Å². The number of nitrogens with zero attached hydrogens (tertiary/aromatic N) is 1. The van der Waals surface area contributed by atoms with Gasteiger partial charge in [0.2, 0.25) is 5.91 Å². The van der Waals surface area contributed by atoms with E-state index < -0.39 is 29.7 Å². The fourth-order valence-electron chi connectivity index (χ4n) is 2.69. The first-order valence-electron chi connectivity index (χ1n) is 9.28. The molecule has 8 nitrogen and oxygen atoms in total. The summed E-state index contributed by atoms with van der Waals surface area (Å²) < 4.78 is 5.21. The molecule has 1 fully saturated rings. The molecule has 1 aliphatic rings. The molecule has 3 unspecified atom stereocenters. The van der Waals surface area contributed by atoms with Crippen molar-refractivity contribution in [1.82, 2.24) is 21.1 Å². The van der Waals surface area contributed by atoms with Gasteiger partial charge >= 0.3 is 6.09 Å².